The Balaban J connectivity index is 1.35. The highest BCUT2D eigenvalue weighted by Crippen LogP contribution is 2.24. The standard InChI is InChI=1S/C21H24ClFN4O2/c22-18-13-16(2-4-19(18)23)26-20(28)5-1-15-7-11-27(12-8-15)21(29)6-3-17-14-24-9-10-25-17/h2,4,9-10,13-15H,1,3,5-8,11-12H2,(H,26,28). The average Bonchev–Trinajstić information content (AvgIpc) is 2.74. The highest BCUT2D eigenvalue weighted by atomic mass is 35.5. The number of aryl methyl sites for hydroxylation is 1. The number of likely N-dealkylation sites (tertiary alicyclic amines) is 1. The predicted molar refractivity (Wildman–Crippen MR) is 109 cm³/mol. The number of nitrogens with one attached hydrogen (secondary N) is 1. The molecule has 1 saturated heterocycles. The predicted octanol–water partition coefficient (Wildman–Crippen LogP) is 3.86. The van der Waals surface area contributed by atoms with Gasteiger partial charge in [-0.3, -0.25) is 19.6 Å². The minimum Gasteiger partial charge on any atom is -0.343 e. The van der Waals surface area contributed by atoms with Crippen molar-refractivity contribution in [3.8, 4) is 0 Å². The van der Waals surface area contributed by atoms with E-state index in [1.54, 1.807) is 18.6 Å². The molecule has 1 fully saturated rings. The van der Waals surface area contributed by atoms with E-state index in [-0.39, 0.29) is 16.8 Å². The zero-order valence-corrected chi connectivity index (χ0v) is 16.9. The molecule has 0 unspecified atom stereocenters. The van der Waals surface area contributed by atoms with Crippen molar-refractivity contribution in [1.82, 2.24) is 14.9 Å². The van der Waals surface area contributed by atoms with Gasteiger partial charge in [0.2, 0.25) is 11.8 Å². The van der Waals surface area contributed by atoms with Crippen LogP contribution < -0.4 is 5.32 Å². The van der Waals surface area contributed by atoms with Crippen LogP contribution in [0.2, 0.25) is 5.02 Å². The minimum atomic E-state index is -0.511. The molecule has 8 heteroatoms. The van der Waals surface area contributed by atoms with Crippen LogP contribution in [0.1, 0.15) is 37.8 Å². The summed E-state index contributed by atoms with van der Waals surface area (Å²) in [6.45, 7) is 1.44. The largest absolute Gasteiger partial charge is 0.343 e. The van der Waals surface area contributed by atoms with Crippen LogP contribution in [0.5, 0.6) is 0 Å². The Bertz CT molecular complexity index is 842. The van der Waals surface area contributed by atoms with Gasteiger partial charge in [0.1, 0.15) is 5.82 Å². The summed E-state index contributed by atoms with van der Waals surface area (Å²) in [7, 11) is 0. The summed E-state index contributed by atoms with van der Waals surface area (Å²) < 4.78 is 13.2. The van der Waals surface area contributed by atoms with E-state index in [1.165, 1.54) is 18.2 Å². The van der Waals surface area contributed by atoms with E-state index in [9.17, 15) is 14.0 Å². The number of nitrogens with zero attached hydrogens (tertiary/aromatic N) is 3. The maximum atomic E-state index is 13.2. The second kappa shape index (κ2) is 10.3. The normalized spacial score (nSPS) is 14.6. The number of piperidine rings is 1. The van der Waals surface area contributed by atoms with Crippen LogP contribution in [0.15, 0.2) is 36.8 Å². The zero-order valence-electron chi connectivity index (χ0n) is 16.1. The highest BCUT2D eigenvalue weighted by Gasteiger charge is 2.23. The summed E-state index contributed by atoms with van der Waals surface area (Å²) in [5.74, 6) is -0.0700. The number of carbonyl (C=O) groups excluding carboxylic acids is 2. The molecule has 0 radical (unpaired) electrons. The number of benzene rings is 1. The van der Waals surface area contributed by atoms with E-state index < -0.39 is 5.82 Å². The van der Waals surface area contributed by atoms with Crippen molar-refractivity contribution in [2.45, 2.75) is 38.5 Å². The van der Waals surface area contributed by atoms with Gasteiger partial charge in [0.05, 0.1) is 10.7 Å². The number of hydrogen-bond donors (Lipinski definition) is 1. The molecule has 29 heavy (non-hydrogen) atoms. The fraction of sp³-hybridized carbons (Fsp3) is 0.429. The first-order valence-electron chi connectivity index (χ1n) is 9.79. The van der Waals surface area contributed by atoms with E-state index in [4.69, 9.17) is 11.6 Å². The zero-order chi connectivity index (χ0) is 20.6. The second-order valence-electron chi connectivity index (χ2n) is 7.24. The highest BCUT2D eigenvalue weighted by molar-refractivity contribution is 6.31. The van der Waals surface area contributed by atoms with Crippen molar-refractivity contribution in [3.63, 3.8) is 0 Å². The number of amides is 2. The minimum absolute atomic E-state index is 0.0147. The monoisotopic (exact) mass is 418 g/mol. The van der Waals surface area contributed by atoms with Crippen LogP contribution in [0.4, 0.5) is 10.1 Å². The number of carbonyl (C=O) groups is 2. The second-order valence-corrected chi connectivity index (χ2v) is 7.64. The van der Waals surface area contributed by atoms with E-state index >= 15 is 0 Å². The molecule has 3 rings (SSSR count). The Morgan fingerprint density at radius 1 is 1.21 bits per heavy atom. The average molecular weight is 419 g/mol. The molecular formula is C21H24ClFN4O2. The number of hydrogen-bond acceptors (Lipinski definition) is 4. The fourth-order valence-corrected chi connectivity index (χ4v) is 3.64. The topological polar surface area (TPSA) is 75.2 Å². The van der Waals surface area contributed by atoms with Crippen molar-refractivity contribution < 1.29 is 14.0 Å². The quantitative estimate of drug-likeness (QED) is 0.740. The van der Waals surface area contributed by atoms with E-state index in [0.29, 0.717) is 30.9 Å². The fourth-order valence-electron chi connectivity index (χ4n) is 3.46. The third kappa shape index (κ3) is 6.49. The molecule has 2 heterocycles. The molecule has 0 bridgehead atoms. The third-order valence-corrected chi connectivity index (χ3v) is 5.45. The summed E-state index contributed by atoms with van der Waals surface area (Å²) in [5, 5.41) is 2.73. The number of anilines is 1. The van der Waals surface area contributed by atoms with Gasteiger partial charge in [-0.25, -0.2) is 4.39 Å². The maximum absolute atomic E-state index is 13.2. The van der Waals surface area contributed by atoms with Crippen molar-refractivity contribution >= 4 is 29.1 Å². The molecule has 0 saturated carbocycles. The van der Waals surface area contributed by atoms with Gasteiger partial charge in [0, 0.05) is 50.2 Å². The molecule has 6 nitrogen and oxygen atoms in total. The lowest BCUT2D eigenvalue weighted by Gasteiger charge is -2.32. The SMILES string of the molecule is O=C(CCC1CCN(C(=O)CCc2cnccn2)CC1)Nc1ccc(F)c(Cl)c1. The Hall–Kier alpha value is -2.54. The summed E-state index contributed by atoms with van der Waals surface area (Å²) in [6.07, 6.45) is 8.91. The molecule has 0 aliphatic carbocycles. The maximum Gasteiger partial charge on any atom is 0.224 e. The van der Waals surface area contributed by atoms with Crippen molar-refractivity contribution in [3.05, 3.63) is 53.3 Å². The molecule has 1 aliphatic rings. The molecule has 2 amide bonds. The number of aromatic nitrogens is 2. The summed E-state index contributed by atoms with van der Waals surface area (Å²) in [4.78, 5) is 34.6. The van der Waals surface area contributed by atoms with E-state index in [2.05, 4.69) is 15.3 Å². The van der Waals surface area contributed by atoms with Gasteiger partial charge in [0.25, 0.3) is 0 Å². The van der Waals surface area contributed by atoms with Crippen LogP contribution >= 0.6 is 11.6 Å². The van der Waals surface area contributed by atoms with Crippen LogP contribution in [0.25, 0.3) is 0 Å². The van der Waals surface area contributed by atoms with Crippen molar-refractivity contribution in [2.24, 2.45) is 5.92 Å². The summed E-state index contributed by atoms with van der Waals surface area (Å²) in [5.41, 5.74) is 1.31. The van der Waals surface area contributed by atoms with Crippen LogP contribution in [0, 0.1) is 11.7 Å². The Labute approximate surface area is 174 Å². The Morgan fingerprint density at radius 3 is 2.69 bits per heavy atom. The lowest BCUT2D eigenvalue weighted by atomic mass is 9.92. The molecule has 1 aliphatic heterocycles. The molecule has 0 spiro atoms. The molecule has 0 atom stereocenters. The smallest absolute Gasteiger partial charge is 0.224 e. The first-order chi connectivity index (χ1) is 14.0. The molecule has 1 aromatic carbocycles. The van der Waals surface area contributed by atoms with Crippen LogP contribution in [-0.4, -0.2) is 39.8 Å². The van der Waals surface area contributed by atoms with Gasteiger partial charge in [0.15, 0.2) is 0 Å². The van der Waals surface area contributed by atoms with Gasteiger partial charge < -0.3 is 10.2 Å². The summed E-state index contributed by atoms with van der Waals surface area (Å²) >= 11 is 5.73. The van der Waals surface area contributed by atoms with E-state index in [0.717, 1.165) is 38.0 Å². The first-order valence-corrected chi connectivity index (χ1v) is 10.2. The number of halogens is 2. The lowest BCUT2D eigenvalue weighted by molar-refractivity contribution is -0.132. The molecule has 154 valence electrons. The van der Waals surface area contributed by atoms with Gasteiger partial charge in [-0.15, -0.1) is 0 Å². The molecule has 2 aromatic rings. The molecule has 1 aromatic heterocycles. The van der Waals surface area contributed by atoms with Gasteiger partial charge in [-0.1, -0.05) is 11.6 Å². The van der Waals surface area contributed by atoms with Gasteiger partial charge in [-0.05, 0) is 49.8 Å². The van der Waals surface area contributed by atoms with Gasteiger partial charge >= 0.3 is 0 Å². The Kier molecular flexibility index (Phi) is 7.52. The molecule has 1 N–H and O–H groups in total. The lowest BCUT2D eigenvalue weighted by Crippen LogP contribution is -2.38. The van der Waals surface area contributed by atoms with Crippen molar-refractivity contribution in [2.75, 3.05) is 18.4 Å². The van der Waals surface area contributed by atoms with Crippen LogP contribution in [-0.2, 0) is 16.0 Å². The van der Waals surface area contributed by atoms with Crippen LogP contribution in [0.3, 0.4) is 0 Å². The summed E-state index contributed by atoms with van der Waals surface area (Å²) in [6, 6.07) is 4.12. The Morgan fingerprint density at radius 2 is 2.00 bits per heavy atom. The van der Waals surface area contributed by atoms with Gasteiger partial charge in [-0.2, -0.15) is 0 Å². The third-order valence-electron chi connectivity index (χ3n) is 5.16. The first kappa shape index (κ1) is 21.2. The van der Waals surface area contributed by atoms with Crippen molar-refractivity contribution in [1.29, 1.82) is 0 Å². The van der Waals surface area contributed by atoms with E-state index in [1.807, 2.05) is 4.90 Å². The number of rotatable bonds is 7. The molecular weight excluding hydrogens is 395 g/mol.